The fourth-order valence-electron chi connectivity index (χ4n) is 2.77. The van der Waals surface area contributed by atoms with Crippen LogP contribution in [0.15, 0.2) is 12.7 Å². The van der Waals surface area contributed by atoms with Crippen LogP contribution in [0.1, 0.15) is 39.0 Å². The Hall–Kier alpha value is -1.92. The van der Waals surface area contributed by atoms with E-state index < -0.39 is 0 Å². The van der Waals surface area contributed by atoms with Crippen LogP contribution >= 0.6 is 0 Å². The molecule has 2 rings (SSSR count). The van der Waals surface area contributed by atoms with Gasteiger partial charge in [0, 0.05) is 33.1 Å². The van der Waals surface area contributed by atoms with E-state index in [1.807, 2.05) is 7.05 Å². The summed E-state index contributed by atoms with van der Waals surface area (Å²) in [6, 6.07) is -0.280. The van der Waals surface area contributed by atoms with Gasteiger partial charge in [-0.05, 0) is 12.8 Å². The molecule has 0 spiro atoms. The van der Waals surface area contributed by atoms with Crippen LogP contribution in [0.25, 0.3) is 0 Å². The summed E-state index contributed by atoms with van der Waals surface area (Å²) in [5.74, 6) is 0.145. The van der Waals surface area contributed by atoms with Crippen LogP contribution in [0, 0.1) is 0 Å². The molecule has 1 aliphatic rings. The molecule has 1 aromatic rings. The second-order valence-electron chi connectivity index (χ2n) is 5.77. The largest absolute Gasteiger partial charge is 0.342 e. The third kappa shape index (κ3) is 4.05. The maximum Gasteiger partial charge on any atom is 0.245 e. The fourth-order valence-corrected chi connectivity index (χ4v) is 2.77. The van der Waals surface area contributed by atoms with E-state index in [-0.39, 0.29) is 17.9 Å². The molecular weight excluding hydrogens is 282 g/mol. The van der Waals surface area contributed by atoms with Crippen LogP contribution in [0.5, 0.6) is 0 Å². The quantitative estimate of drug-likeness (QED) is 0.751. The van der Waals surface area contributed by atoms with Crippen molar-refractivity contribution in [1.29, 1.82) is 0 Å². The normalized spacial score (nSPS) is 18.8. The summed E-state index contributed by atoms with van der Waals surface area (Å²) in [6.45, 7) is 4.03. The van der Waals surface area contributed by atoms with Crippen molar-refractivity contribution in [2.45, 2.75) is 51.6 Å². The summed E-state index contributed by atoms with van der Waals surface area (Å²) in [5, 5.41) is 4.02. The monoisotopic (exact) mass is 307 g/mol. The Labute approximate surface area is 131 Å². The van der Waals surface area contributed by atoms with Gasteiger partial charge in [0.25, 0.3) is 0 Å². The van der Waals surface area contributed by atoms with Crippen molar-refractivity contribution in [3.05, 3.63) is 12.7 Å². The van der Waals surface area contributed by atoms with Crippen LogP contribution in [-0.4, -0.2) is 62.6 Å². The highest BCUT2D eigenvalue weighted by Crippen LogP contribution is 2.17. The highest BCUT2D eigenvalue weighted by atomic mass is 16.2. The van der Waals surface area contributed by atoms with Crippen LogP contribution in [0.4, 0.5) is 0 Å². The Bertz CT molecular complexity index is 488. The Morgan fingerprint density at radius 3 is 2.86 bits per heavy atom. The lowest BCUT2D eigenvalue weighted by atomic mass is 10.0. The highest BCUT2D eigenvalue weighted by Gasteiger charge is 2.34. The molecule has 0 bridgehead atoms. The first-order chi connectivity index (χ1) is 10.6. The minimum Gasteiger partial charge on any atom is -0.342 e. The summed E-state index contributed by atoms with van der Waals surface area (Å²) in [6.07, 6.45) is 7.04. The summed E-state index contributed by atoms with van der Waals surface area (Å²) >= 11 is 0. The van der Waals surface area contributed by atoms with E-state index >= 15 is 0 Å². The molecule has 0 radical (unpaired) electrons. The van der Waals surface area contributed by atoms with E-state index in [4.69, 9.17) is 0 Å². The molecule has 7 heteroatoms. The maximum absolute atomic E-state index is 12.5. The number of aryl methyl sites for hydroxylation is 1. The van der Waals surface area contributed by atoms with Crippen molar-refractivity contribution >= 4 is 11.8 Å². The third-order valence-electron chi connectivity index (χ3n) is 4.11. The lowest BCUT2D eigenvalue weighted by Crippen LogP contribution is -2.57. The smallest absolute Gasteiger partial charge is 0.245 e. The van der Waals surface area contributed by atoms with Crippen LogP contribution in [-0.2, 0) is 16.1 Å². The summed E-state index contributed by atoms with van der Waals surface area (Å²) in [7, 11) is 1.81. The van der Waals surface area contributed by atoms with Gasteiger partial charge in [0.15, 0.2) is 0 Å². The minimum absolute atomic E-state index is 0.0719. The number of nitrogens with zero attached hydrogens (tertiary/aromatic N) is 5. The van der Waals surface area contributed by atoms with Crippen LogP contribution in [0.3, 0.4) is 0 Å². The van der Waals surface area contributed by atoms with Crippen molar-refractivity contribution in [2.24, 2.45) is 0 Å². The topological polar surface area (TPSA) is 71.3 Å². The number of carbonyl (C=O) groups excluding carboxylic acids is 2. The number of aromatic nitrogens is 3. The first-order valence-corrected chi connectivity index (χ1v) is 8.00. The Morgan fingerprint density at radius 2 is 2.18 bits per heavy atom. The lowest BCUT2D eigenvalue weighted by Gasteiger charge is -2.39. The molecule has 0 aliphatic carbocycles. The van der Waals surface area contributed by atoms with Gasteiger partial charge in [0.05, 0.1) is 0 Å². The van der Waals surface area contributed by atoms with Gasteiger partial charge >= 0.3 is 0 Å². The molecule has 1 aliphatic heterocycles. The van der Waals surface area contributed by atoms with Gasteiger partial charge in [-0.25, -0.2) is 4.98 Å². The predicted octanol–water partition coefficient (Wildman–Crippen LogP) is 0.918. The first-order valence-electron chi connectivity index (χ1n) is 8.00. The zero-order chi connectivity index (χ0) is 15.9. The molecule has 122 valence electrons. The number of rotatable bonds is 7. The van der Waals surface area contributed by atoms with E-state index in [0.29, 0.717) is 32.5 Å². The molecule has 22 heavy (non-hydrogen) atoms. The fraction of sp³-hybridized carbons (Fsp3) is 0.733. The van der Waals surface area contributed by atoms with Gasteiger partial charge in [0.2, 0.25) is 11.8 Å². The summed E-state index contributed by atoms with van der Waals surface area (Å²) in [4.78, 5) is 32.2. The molecule has 1 aromatic heterocycles. The van der Waals surface area contributed by atoms with E-state index in [1.54, 1.807) is 20.8 Å². The molecule has 1 fully saturated rings. The number of hydrogen-bond acceptors (Lipinski definition) is 4. The molecular formula is C15H25N5O2. The molecule has 0 unspecified atom stereocenters. The highest BCUT2D eigenvalue weighted by molar-refractivity contribution is 5.88. The van der Waals surface area contributed by atoms with Crippen molar-refractivity contribution in [3.63, 3.8) is 0 Å². The zero-order valence-electron chi connectivity index (χ0n) is 13.4. The van der Waals surface area contributed by atoms with Crippen molar-refractivity contribution < 1.29 is 9.59 Å². The SMILES string of the molecule is CCCC[C@H]1C(=O)N(C)CCN1C(=O)CCCn1cncn1. The van der Waals surface area contributed by atoms with Gasteiger partial charge in [0.1, 0.15) is 18.7 Å². The van der Waals surface area contributed by atoms with Gasteiger partial charge in [-0.2, -0.15) is 5.10 Å². The molecule has 1 atom stereocenters. The molecule has 0 aromatic carbocycles. The Morgan fingerprint density at radius 1 is 1.36 bits per heavy atom. The Kier molecular flexibility index (Phi) is 5.91. The molecule has 0 saturated carbocycles. The van der Waals surface area contributed by atoms with Crippen molar-refractivity contribution in [3.8, 4) is 0 Å². The van der Waals surface area contributed by atoms with Crippen molar-refractivity contribution in [2.75, 3.05) is 20.1 Å². The molecule has 0 N–H and O–H groups in total. The van der Waals surface area contributed by atoms with E-state index in [0.717, 1.165) is 19.3 Å². The molecule has 2 amide bonds. The third-order valence-corrected chi connectivity index (χ3v) is 4.11. The minimum atomic E-state index is -0.280. The molecule has 7 nitrogen and oxygen atoms in total. The second kappa shape index (κ2) is 7.91. The van der Waals surface area contributed by atoms with Crippen molar-refractivity contribution in [1.82, 2.24) is 24.6 Å². The average molecular weight is 307 g/mol. The number of piperazine rings is 1. The molecule has 1 saturated heterocycles. The number of likely N-dealkylation sites (N-methyl/N-ethyl adjacent to an activating group) is 1. The number of unbranched alkanes of at least 4 members (excludes halogenated alkanes) is 1. The molecule has 2 heterocycles. The Balaban J connectivity index is 1.88. The maximum atomic E-state index is 12.5. The summed E-state index contributed by atoms with van der Waals surface area (Å²) in [5.41, 5.74) is 0. The standard InChI is InChI=1S/C15H25N5O2/c1-3-4-6-13-15(22)18(2)9-10-20(13)14(21)7-5-8-19-12-16-11-17-19/h11-13H,3-10H2,1-2H3/t13-/m0/s1. The lowest BCUT2D eigenvalue weighted by molar-refractivity contribution is -0.150. The predicted molar refractivity (Wildman–Crippen MR) is 81.9 cm³/mol. The van der Waals surface area contributed by atoms with E-state index in [2.05, 4.69) is 17.0 Å². The van der Waals surface area contributed by atoms with Gasteiger partial charge in [-0.1, -0.05) is 19.8 Å². The second-order valence-corrected chi connectivity index (χ2v) is 5.77. The van der Waals surface area contributed by atoms with E-state index in [1.165, 1.54) is 6.33 Å². The van der Waals surface area contributed by atoms with E-state index in [9.17, 15) is 9.59 Å². The number of carbonyl (C=O) groups is 2. The number of amides is 2. The van der Waals surface area contributed by atoms with Crippen LogP contribution in [0.2, 0.25) is 0 Å². The first kappa shape index (κ1) is 16.5. The average Bonchev–Trinajstić information content (AvgIpc) is 3.02. The van der Waals surface area contributed by atoms with Crippen LogP contribution < -0.4 is 0 Å². The van der Waals surface area contributed by atoms with Gasteiger partial charge < -0.3 is 9.80 Å². The zero-order valence-corrected chi connectivity index (χ0v) is 13.4. The number of hydrogen-bond donors (Lipinski definition) is 0. The summed E-state index contributed by atoms with van der Waals surface area (Å²) < 4.78 is 1.72. The van der Waals surface area contributed by atoms with Gasteiger partial charge in [-0.15, -0.1) is 0 Å². The van der Waals surface area contributed by atoms with Gasteiger partial charge in [-0.3, -0.25) is 14.3 Å².